The lowest BCUT2D eigenvalue weighted by molar-refractivity contribution is -0.384. The topological polar surface area (TPSA) is 43.1 Å². The van der Waals surface area contributed by atoms with Crippen LogP contribution in [0.1, 0.15) is 52.7 Å². The molecule has 0 fully saturated rings. The van der Waals surface area contributed by atoms with Crippen molar-refractivity contribution >= 4 is 5.69 Å². The van der Waals surface area contributed by atoms with Crippen LogP contribution in [0.4, 0.5) is 5.69 Å². The van der Waals surface area contributed by atoms with E-state index in [9.17, 15) is 10.1 Å². The van der Waals surface area contributed by atoms with Crippen LogP contribution in [0.25, 0.3) is 0 Å². The summed E-state index contributed by atoms with van der Waals surface area (Å²) in [4.78, 5) is 10.0. The highest BCUT2D eigenvalue weighted by atomic mass is 16.6. The molecular formula is C22H31NO2. The minimum absolute atomic E-state index is 0.155. The molecule has 0 unspecified atom stereocenters. The Morgan fingerprint density at radius 1 is 0.720 bits per heavy atom. The fraction of sp³-hybridized carbons (Fsp3) is 0.455. The van der Waals surface area contributed by atoms with Gasteiger partial charge in [0, 0.05) is 12.1 Å². The monoisotopic (exact) mass is 341 g/mol. The van der Waals surface area contributed by atoms with Crippen molar-refractivity contribution in [1.29, 1.82) is 0 Å². The first-order valence-corrected chi connectivity index (χ1v) is 8.74. The van der Waals surface area contributed by atoms with Crippen molar-refractivity contribution in [3.05, 3.63) is 75.8 Å². The Kier molecular flexibility index (Phi) is 7.35. The lowest BCUT2D eigenvalue weighted by Gasteiger charge is -2.17. The number of non-ortho nitro benzene ring substituents is 1. The maximum atomic E-state index is 10.4. The Morgan fingerprint density at radius 2 is 1.12 bits per heavy atom. The fourth-order valence-corrected chi connectivity index (χ4v) is 2.56. The van der Waals surface area contributed by atoms with E-state index in [1.807, 2.05) is 12.1 Å². The molecule has 0 N–H and O–H groups in total. The van der Waals surface area contributed by atoms with Gasteiger partial charge in [-0.1, -0.05) is 84.0 Å². The molecule has 0 aliphatic heterocycles. The van der Waals surface area contributed by atoms with Gasteiger partial charge in [-0.25, -0.2) is 0 Å². The Labute approximate surface area is 152 Å². The highest BCUT2D eigenvalue weighted by Gasteiger charge is 2.12. The molecule has 2 aromatic carbocycles. The van der Waals surface area contributed by atoms with Gasteiger partial charge in [-0.3, -0.25) is 10.1 Å². The number of nitrogens with zero attached hydrogens (tertiary/aromatic N) is 1. The van der Waals surface area contributed by atoms with E-state index in [1.54, 1.807) is 12.1 Å². The van der Waals surface area contributed by atoms with Crippen molar-refractivity contribution in [3.63, 3.8) is 0 Å². The summed E-state index contributed by atoms with van der Waals surface area (Å²) < 4.78 is 0. The van der Waals surface area contributed by atoms with Gasteiger partial charge < -0.3 is 0 Å². The first-order chi connectivity index (χ1) is 11.5. The molecule has 2 aromatic rings. The molecule has 0 amide bonds. The second-order valence-corrected chi connectivity index (χ2v) is 8.88. The molecule has 25 heavy (non-hydrogen) atoms. The molecule has 0 heterocycles. The zero-order chi connectivity index (χ0) is 19.1. The first kappa shape index (κ1) is 20.9. The molecule has 0 saturated heterocycles. The van der Waals surface area contributed by atoms with Crippen LogP contribution in [-0.4, -0.2) is 4.92 Å². The van der Waals surface area contributed by atoms with E-state index in [1.165, 1.54) is 5.56 Å². The van der Waals surface area contributed by atoms with Gasteiger partial charge in [0.25, 0.3) is 5.69 Å². The van der Waals surface area contributed by atoms with E-state index >= 15 is 0 Å². The summed E-state index contributed by atoms with van der Waals surface area (Å²) in [5.74, 6) is 0. The third-order valence-electron chi connectivity index (χ3n) is 3.46. The third-order valence-corrected chi connectivity index (χ3v) is 3.46. The molecular weight excluding hydrogens is 310 g/mol. The largest absolute Gasteiger partial charge is 0.269 e. The van der Waals surface area contributed by atoms with Crippen LogP contribution >= 0.6 is 0 Å². The van der Waals surface area contributed by atoms with Crippen LogP contribution in [-0.2, 0) is 12.8 Å². The number of nitro benzene ring substituents is 1. The molecule has 2 rings (SSSR count). The van der Waals surface area contributed by atoms with Gasteiger partial charge in [0.15, 0.2) is 0 Å². The minimum atomic E-state index is -0.374. The molecule has 0 aliphatic rings. The normalized spacial score (nSPS) is 11.4. The quantitative estimate of drug-likeness (QED) is 0.475. The molecule has 0 radical (unpaired) electrons. The summed E-state index contributed by atoms with van der Waals surface area (Å²) in [7, 11) is 0. The lowest BCUT2D eigenvalue weighted by Crippen LogP contribution is -2.08. The van der Waals surface area contributed by atoms with Crippen molar-refractivity contribution in [3.8, 4) is 0 Å². The standard InChI is InChI=1S/C11H15NO2.C11H16/c1-11(2,3)8-9-4-6-10(7-5-9)12(13)14;1-11(2,3)9-10-7-5-4-6-8-10/h4-7H,8H2,1-3H3;4-8H,9H2,1-3H3. The molecule has 3 nitrogen and oxygen atoms in total. The summed E-state index contributed by atoms with van der Waals surface area (Å²) in [5.41, 5.74) is 3.35. The fourth-order valence-electron chi connectivity index (χ4n) is 2.56. The van der Waals surface area contributed by atoms with Crippen molar-refractivity contribution in [1.82, 2.24) is 0 Å². The highest BCUT2D eigenvalue weighted by Crippen LogP contribution is 2.22. The summed E-state index contributed by atoms with van der Waals surface area (Å²) in [6.07, 6.45) is 2.10. The zero-order valence-corrected chi connectivity index (χ0v) is 16.4. The Bertz CT molecular complexity index is 647. The summed E-state index contributed by atoms with van der Waals surface area (Å²) in [5, 5.41) is 10.4. The van der Waals surface area contributed by atoms with E-state index in [0.717, 1.165) is 18.4 Å². The smallest absolute Gasteiger partial charge is 0.258 e. The second-order valence-electron chi connectivity index (χ2n) is 8.88. The number of hydrogen-bond donors (Lipinski definition) is 0. The predicted octanol–water partition coefficient (Wildman–Crippen LogP) is 6.46. The number of nitro groups is 1. The maximum Gasteiger partial charge on any atom is 0.269 e. The average Bonchev–Trinajstić information content (AvgIpc) is 2.46. The third kappa shape index (κ3) is 9.65. The van der Waals surface area contributed by atoms with Gasteiger partial charge in [-0.2, -0.15) is 0 Å². The Morgan fingerprint density at radius 3 is 1.48 bits per heavy atom. The summed E-state index contributed by atoms with van der Waals surface area (Å²) in [6.45, 7) is 13.2. The number of rotatable bonds is 3. The molecule has 0 bridgehead atoms. The Balaban J connectivity index is 0.000000257. The minimum Gasteiger partial charge on any atom is -0.258 e. The predicted molar refractivity (Wildman–Crippen MR) is 106 cm³/mol. The first-order valence-electron chi connectivity index (χ1n) is 8.74. The number of benzene rings is 2. The van der Waals surface area contributed by atoms with Crippen LogP contribution in [0.15, 0.2) is 54.6 Å². The maximum absolute atomic E-state index is 10.4. The average molecular weight is 341 g/mol. The van der Waals surface area contributed by atoms with Crippen LogP contribution in [0.3, 0.4) is 0 Å². The second kappa shape index (κ2) is 8.80. The van der Waals surface area contributed by atoms with Crippen molar-refractivity contribution < 1.29 is 4.92 Å². The molecule has 0 atom stereocenters. The van der Waals surface area contributed by atoms with Gasteiger partial charge in [-0.15, -0.1) is 0 Å². The molecule has 0 aliphatic carbocycles. The van der Waals surface area contributed by atoms with Crippen LogP contribution in [0.5, 0.6) is 0 Å². The Hall–Kier alpha value is -2.16. The SMILES string of the molecule is CC(C)(C)Cc1ccc([N+](=O)[O-])cc1.CC(C)(C)Cc1ccccc1. The van der Waals surface area contributed by atoms with E-state index < -0.39 is 0 Å². The molecule has 0 aromatic heterocycles. The van der Waals surface area contributed by atoms with E-state index in [0.29, 0.717) is 5.41 Å². The van der Waals surface area contributed by atoms with Crippen LogP contribution in [0.2, 0.25) is 0 Å². The van der Waals surface area contributed by atoms with Gasteiger partial charge in [0.05, 0.1) is 4.92 Å². The zero-order valence-electron chi connectivity index (χ0n) is 16.4. The van der Waals surface area contributed by atoms with Crippen molar-refractivity contribution in [2.75, 3.05) is 0 Å². The highest BCUT2D eigenvalue weighted by molar-refractivity contribution is 5.33. The van der Waals surface area contributed by atoms with Gasteiger partial charge in [0.1, 0.15) is 0 Å². The van der Waals surface area contributed by atoms with E-state index in [4.69, 9.17) is 0 Å². The van der Waals surface area contributed by atoms with Crippen molar-refractivity contribution in [2.24, 2.45) is 10.8 Å². The van der Waals surface area contributed by atoms with Gasteiger partial charge in [-0.05, 0) is 34.8 Å². The summed E-state index contributed by atoms with van der Waals surface area (Å²) >= 11 is 0. The van der Waals surface area contributed by atoms with E-state index in [2.05, 4.69) is 71.9 Å². The van der Waals surface area contributed by atoms with Gasteiger partial charge >= 0.3 is 0 Å². The summed E-state index contributed by atoms with van der Waals surface area (Å²) in [6, 6.07) is 17.4. The van der Waals surface area contributed by atoms with Crippen molar-refractivity contribution in [2.45, 2.75) is 54.4 Å². The lowest BCUT2D eigenvalue weighted by atomic mass is 9.88. The van der Waals surface area contributed by atoms with Crippen LogP contribution < -0.4 is 0 Å². The van der Waals surface area contributed by atoms with E-state index in [-0.39, 0.29) is 16.0 Å². The molecule has 0 spiro atoms. The van der Waals surface area contributed by atoms with Gasteiger partial charge in [0.2, 0.25) is 0 Å². The molecule has 0 saturated carbocycles. The number of hydrogen-bond acceptors (Lipinski definition) is 2. The van der Waals surface area contributed by atoms with Crippen LogP contribution in [0, 0.1) is 20.9 Å². The molecule has 136 valence electrons. The molecule has 3 heteroatoms.